The fraction of sp³-hybridized carbons (Fsp3) is 0.600. The van der Waals surface area contributed by atoms with E-state index in [1.165, 1.54) is 0 Å². The Balaban J connectivity index is 1.83. The predicted molar refractivity (Wildman–Crippen MR) is 102 cm³/mol. The van der Waals surface area contributed by atoms with Gasteiger partial charge >= 0.3 is 12.0 Å². The lowest BCUT2D eigenvalue weighted by molar-refractivity contribution is -0.137. The maximum Gasteiger partial charge on any atom is 0.317 e. The summed E-state index contributed by atoms with van der Waals surface area (Å²) in [5.41, 5.74) is 1.08. The SMILES string of the molecule is COCCOC1CCN(C(=O)NC(CCC(=O)O)Cc2ccccc2)CC1. The van der Waals surface area contributed by atoms with Gasteiger partial charge in [-0.15, -0.1) is 0 Å². The molecule has 2 amide bonds. The van der Waals surface area contributed by atoms with Gasteiger partial charge in [0.25, 0.3) is 0 Å². The van der Waals surface area contributed by atoms with Crippen LogP contribution < -0.4 is 5.32 Å². The lowest BCUT2D eigenvalue weighted by Gasteiger charge is -2.33. The molecule has 0 aromatic heterocycles. The molecule has 1 heterocycles. The van der Waals surface area contributed by atoms with Crippen molar-refractivity contribution in [3.8, 4) is 0 Å². The molecule has 150 valence electrons. The van der Waals surface area contributed by atoms with Crippen LogP contribution in [-0.4, -0.2) is 67.6 Å². The summed E-state index contributed by atoms with van der Waals surface area (Å²) in [4.78, 5) is 25.3. The number of carboxylic acids is 1. The van der Waals surface area contributed by atoms with Crippen LogP contribution in [0.5, 0.6) is 0 Å². The Kier molecular flexibility index (Phi) is 9.07. The average molecular weight is 378 g/mol. The first-order valence-electron chi connectivity index (χ1n) is 9.50. The number of likely N-dealkylation sites (tertiary alicyclic amines) is 1. The first-order chi connectivity index (χ1) is 13.1. The molecule has 2 rings (SSSR count). The van der Waals surface area contributed by atoms with E-state index in [0.29, 0.717) is 39.1 Å². The van der Waals surface area contributed by atoms with Crippen molar-refractivity contribution in [1.82, 2.24) is 10.2 Å². The number of piperidine rings is 1. The zero-order valence-electron chi connectivity index (χ0n) is 15.9. The molecule has 1 atom stereocenters. The maximum absolute atomic E-state index is 12.6. The molecular weight excluding hydrogens is 348 g/mol. The van der Waals surface area contributed by atoms with Crippen molar-refractivity contribution in [3.63, 3.8) is 0 Å². The third-order valence-electron chi connectivity index (χ3n) is 4.73. The molecule has 1 fully saturated rings. The van der Waals surface area contributed by atoms with Gasteiger partial charge in [-0.3, -0.25) is 4.79 Å². The Labute approximate surface area is 160 Å². The topological polar surface area (TPSA) is 88.1 Å². The van der Waals surface area contributed by atoms with Crippen LogP contribution in [0.4, 0.5) is 4.79 Å². The van der Waals surface area contributed by atoms with Crippen molar-refractivity contribution in [2.24, 2.45) is 0 Å². The van der Waals surface area contributed by atoms with Crippen LogP contribution >= 0.6 is 0 Å². The highest BCUT2D eigenvalue weighted by molar-refractivity contribution is 5.75. The Hall–Kier alpha value is -2.12. The van der Waals surface area contributed by atoms with E-state index in [4.69, 9.17) is 14.6 Å². The normalized spacial score (nSPS) is 16.1. The number of ether oxygens (including phenoxy) is 2. The summed E-state index contributed by atoms with van der Waals surface area (Å²) in [5.74, 6) is -0.851. The van der Waals surface area contributed by atoms with E-state index in [-0.39, 0.29) is 24.6 Å². The minimum absolute atomic E-state index is 0.0349. The second-order valence-corrected chi connectivity index (χ2v) is 6.82. The summed E-state index contributed by atoms with van der Waals surface area (Å²) in [6.45, 7) is 2.42. The van der Waals surface area contributed by atoms with Crippen LogP contribution in [-0.2, 0) is 20.7 Å². The number of rotatable bonds is 10. The number of amides is 2. The Bertz CT molecular complexity index is 573. The van der Waals surface area contributed by atoms with Gasteiger partial charge in [0.05, 0.1) is 19.3 Å². The number of nitrogens with zero attached hydrogens (tertiary/aromatic N) is 1. The highest BCUT2D eigenvalue weighted by Crippen LogP contribution is 2.15. The van der Waals surface area contributed by atoms with E-state index >= 15 is 0 Å². The Morgan fingerprint density at radius 3 is 2.56 bits per heavy atom. The van der Waals surface area contributed by atoms with Crippen molar-refractivity contribution in [3.05, 3.63) is 35.9 Å². The molecule has 1 unspecified atom stereocenters. The lowest BCUT2D eigenvalue weighted by atomic mass is 10.0. The van der Waals surface area contributed by atoms with Gasteiger partial charge in [-0.2, -0.15) is 0 Å². The number of hydrogen-bond donors (Lipinski definition) is 2. The van der Waals surface area contributed by atoms with Gasteiger partial charge in [-0.25, -0.2) is 4.79 Å². The van der Waals surface area contributed by atoms with Gasteiger partial charge in [0.1, 0.15) is 0 Å². The number of urea groups is 1. The number of carbonyl (C=O) groups excluding carboxylic acids is 1. The van der Waals surface area contributed by atoms with Crippen molar-refractivity contribution in [1.29, 1.82) is 0 Å². The van der Waals surface area contributed by atoms with Crippen LogP contribution in [0, 0.1) is 0 Å². The van der Waals surface area contributed by atoms with E-state index in [0.717, 1.165) is 18.4 Å². The molecule has 0 spiro atoms. The van der Waals surface area contributed by atoms with Crippen LogP contribution in [0.2, 0.25) is 0 Å². The summed E-state index contributed by atoms with van der Waals surface area (Å²) >= 11 is 0. The molecular formula is C20H30N2O5. The molecule has 1 aromatic rings. The van der Waals surface area contributed by atoms with Gasteiger partial charge in [-0.05, 0) is 31.2 Å². The summed E-state index contributed by atoms with van der Waals surface area (Å²) < 4.78 is 10.7. The largest absolute Gasteiger partial charge is 0.481 e. The highest BCUT2D eigenvalue weighted by Gasteiger charge is 2.25. The van der Waals surface area contributed by atoms with Gasteiger partial charge < -0.3 is 24.8 Å². The smallest absolute Gasteiger partial charge is 0.317 e. The summed E-state index contributed by atoms with van der Waals surface area (Å²) in [6.07, 6.45) is 2.83. The molecule has 0 radical (unpaired) electrons. The third-order valence-corrected chi connectivity index (χ3v) is 4.73. The van der Waals surface area contributed by atoms with Gasteiger partial charge in [0.2, 0.25) is 0 Å². The number of benzene rings is 1. The molecule has 0 saturated carbocycles. The van der Waals surface area contributed by atoms with E-state index in [1.807, 2.05) is 30.3 Å². The monoisotopic (exact) mass is 378 g/mol. The molecule has 7 heteroatoms. The minimum Gasteiger partial charge on any atom is -0.481 e. The van der Waals surface area contributed by atoms with Crippen molar-refractivity contribution < 1.29 is 24.2 Å². The highest BCUT2D eigenvalue weighted by atomic mass is 16.5. The molecule has 1 aromatic carbocycles. The molecule has 1 saturated heterocycles. The van der Waals surface area contributed by atoms with Crippen LogP contribution in [0.1, 0.15) is 31.2 Å². The first-order valence-corrected chi connectivity index (χ1v) is 9.50. The van der Waals surface area contributed by atoms with E-state index in [9.17, 15) is 9.59 Å². The summed E-state index contributed by atoms with van der Waals surface area (Å²) in [5, 5.41) is 12.0. The number of carbonyl (C=O) groups is 2. The van der Waals surface area contributed by atoms with E-state index in [2.05, 4.69) is 5.32 Å². The molecule has 0 aliphatic carbocycles. The quantitative estimate of drug-likeness (QED) is 0.610. The van der Waals surface area contributed by atoms with E-state index < -0.39 is 5.97 Å². The average Bonchev–Trinajstić information content (AvgIpc) is 2.67. The lowest BCUT2D eigenvalue weighted by Crippen LogP contribution is -2.49. The molecule has 7 nitrogen and oxygen atoms in total. The molecule has 27 heavy (non-hydrogen) atoms. The standard InChI is InChI=1S/C20H30N2O5/c1-26-13-14-27-18-9-11-22(12-10-18)20(25)21-17(7-8-19(23)24)15-16-5-3-2-4-6-16/h2-6,17-18H,7-15H2,1H3,(H,21,25)(H,23,24). The van der Waals surface area contributed by atoms with Crippen molar-refractivity contribution >= 4 is 12.0 Å². The minimum atomic E-state index is -0.851. The summed E-state index contributed by atoms with van der Waals surface area (Å²) in [6, 6.07) is 9.47. The second kappa shape index (κ2) is 11.6. The predicted octanol–water partition coefficient (Wildman–Crippen LogP) is 2.30. The van der Waals surface area contributed by atoms with Crippen LogP contribution in [0.25, 0.3) is 0 Å². The summed E-state index contributed by atoms with van der Waals surface area (Å²) in [7, 11) is 1.65. The zero-order chi connectivity index (χ0) is 19.5. The van der Waals surface area contributed by atoms with Crippen molar-refractivity contribution in [2.45, 2.75) is 44.2 Å². The van der Waals surface area contributed by atoms with Gasteiger partial charge in [0, 0.05) is 32.7 Å². The number of hydrogen-bond acceptors (Lipinski definition) is 4. The van der Waals surface area contributed by atoms with Gasteiger partial charge in [0.15, 0.2) is 0 Å². The molecule has 1 aliphatic heterocycles. The third kappa shape index (κ3) is 7.97. The Morgan fingerprint density at radius 1 is 1.22 bits per heavy atom. The second-order valence-electron chi connectivity index (χ2n) is 6.82. The maximum atomic E-state index is 12.6. The van der Waals surface area contributed by atoms with E-state index in [1.54, 1.807) is 12.0 Å². The number of aliphatic carboxylic acids is 1. The van der Waals surface area contributed by atoms with Gasteiger partial charge in [-0.1, -0.05) is 30.3 Å². The fourth-order valence-corrected chi connectivity index (χ4v) is 3.21. The Morgan fingerprint density at radius 2 is 1.93 bits per heavy atom. The molecule has 0 bridgehead atoms. The molecule has 2 N–H and O–H groups in total. The van der Waals surface area contributed by atoms with Crippen LogP contribution in [0.15, 0.2) is 30.3 Å². The fourth-order valence-electron chi connectivity index (χ4n) is 3.21. The van der Waals surface area contributed by atoms with Crippen LogP contribution in [0.3, 0.4) is 0 Å². The zero-order valence-corrected chi connectivity index (χ0v) is 15.9. The van der Waals surface area contributed by atoms with Crippen molar-refractivity contribution in [2.75, 3.05) is 33.4 Å². The number of methoxy groups -OCH3 is 1. The molecule has 1 aliphatic rings. The number of carboxylic acid groups (broad SMARTS) is 1. The number of nitrogens with one attached hydrogen (secondary N) is 1. The first kappa shape index (κ1) is 21.2.